The molecule has 1 aliphatic carbocycles. The molecule has 118 valence electrons. The molecule has 3 rings (SSSR count). The van der Waals surface area contributed by atoms with Crippen molar-refractivity contribution in [3.8, 4) is 0 Å². The summed E-state index contributed by atoms with van der Waals surface area (Å²) in [7, 11) is 0. The molecule has 0 spiro atoms. The summed E-state index contributed by atoms with van der Waals surface area (Å²) >= 11 is 1.63. The molecule has 0 radical (unpaired) electrons. The van der Waals surface area contributed by atoms with Gasteiger partial charge in [-0.15, -0.1) is 11.3 Å². The maximum atomic E-state index is 12.7. The summed E-state index contributed by atoms with van der Waals surface area (Å²) in [5.74, 6) is -0.137. The molecule has 1 N–H and O–H groups in total. The molecule has 0 bridgehead atoms. The van der Waals surface area contributed by atoms with E-state index in [9.17, 15) is 9.59 Å². The summed E-state index contributed by atoms with van der Waals surface area (Å²) in [4.78, 5) is 31.2. The van der Waals surface area contributed by atoms with Gasteiger partial charge in [0, 0.05) is 10.9 Å². The molecule has 0 aliphatic heterocycles. The second kappa shape index (κ2) is 6.20. The SMILES string of the molecule is CC[C@@H](C)NC(=O)Cn1cnc2sc3c(c2c1=O)CCCC3. The third-order valence-electron chi connectivity index (χ3n) is 4.28. The normalized spacial score (nSPS) is 15.5. The Morgan fingerprint density at radius 1 is 1.45 bits per heavy atom. The zero-order valence-electron chi connectivity index (χ0n) is 13.0. The number of carbonyl (C=O) groups is 1. The van der Waals surface area contributed by atoms with Crippen LogP contribution in [-0.2, 0) is 24.2 Å². The van der Waals surface area contributed by atoms with Gasteiger partial charge < -0.3 is 5.32 Å². The quantitative estimate of drug-likeness (QED) is 0.940. The number of aromatic nitrogens is 2. The molecule has 2 aromatic rings. The van der Waals surface area contributed by atoms with Crippen molar-refractivity contribution >= 4 is 27.5 Å². The third kappa shape index (κ3) is 2.79. The van der Waals surface area contributed by atoms with E-state index in [-0.39, 0.29) is 24.1 Å². The smallest absolute Gasteiger partial charge is 0.262 e. The number of aryl methyl sites for hydroxylation is 2. The van der Waals surface area contributed by atoms with Crippen LogP contribution in [0.4, 0.5) is 0 Å². The average Bonchev–Trinajstić information content (AvgIpc) is 2.89. The summed E-state index contributed by atoms with van der Waals surface area (Å²) in [6, 6.07) is 0.119. The monoisotopic (exact) mass is 319 g/mol. The Morgan fingerprint density at radius 3 is 3.00 bits per heavy atom. The van der Waals surface area contributed by atoms with Crippen LogP contribution in [0.15, 0.2) is 11.1 Å². The summed E-state index contributed by atoms with van der Waals surface area (Å²) in [5.41, 5.74) is 1.09. The standard InChI is InChI=1S/C16H21N3O2S/c1-3-10(2)18-13(20)8-19-9-17-15-14(16(19)21)11-6-4-5-7-12(11)22-15/h9-10H,3-8H2,1-2H3,(H,18,20)/t10-/m1/s1. The third-order valence-corrected chi connectivity index (χ3v) is 5.48. The second-order valence-electron chi connectivity index (χ2n) is 5.95. The van der Waals surface area contributed by atoms with E-state index in [1.165, 1.54) is 27.8 Å². The van der Waals surface area contributed by atoms with Crippen molar-refractivity contribution in [1.29, 1.82) is 0 Å². The van der Waals surface area contributed by atoms with E-state index in [0.29, 0.717) is 0 Å². The highest BCUT2D eigenvalue weighted by atomic mass is 32.1. The summed E-state index contributed by atoms with van der Waals surface area (Å²) < 4.78 is 1.43. The van der Waals surface area contributed by atoms with Crippen LogP contribution < -0.4 is 10.9 Å². The van der Waals surface area contributed by atoms with Gasteiger partial charge in [0.2, 0.25) is 5.91 Å². The van der Waals surface area contributed by atoms with E-state index in [2.05, 4.69) is 10.3 Å². The van der Waals surface area contributed by atoms with Crippen molar-refractivity contribution in [3.05, 3.63) is 27.1 Å². The van der Waals surface area contributed by atoms with Gasteiger partial charge in [-0.25, -0.2) is 4.98 Å². The van der Waals surface area contributed by atoms with Gasteiger partial charge in [-0.1, -0.05) is 6.92 Å². The molecule has 1 aliphatic rings. The van der Waals surface area contributed by atoms with Crippen molar-refractivity contribution in [2.75, 3.05) is 0 Å². The molecule has 0 saturated carbocycles. The van der Waals surface area contributed by atoms with Crippen LogP contribution in [0, 0.1) is 0 Å². The van der Waals surface area contributed by atoms with Gasteiger partial charge in [-0.3, -0.25) is 14.2 Å². The number of amides is 1. The van der Waals surface area contributed by atoms with E-state index in [1.807, 2.05) is 13.8 Å². The highest BCUT2D eigenvalue weighted by Crippen LogP contribution is 2.33. The van der Waals surface area contributed by atoms with Gasteiger partial charge in [0.25, 0.3) is 5.56 Å². The maximum Gasteiger partial charge on any atom is 0.262 e. The van der Waals surface area contributed by atoms with Crippen molar-refractivity contribution in [2.24, 2.45) is 0 Å². The molecule has 0 saturated heterocycles. The van der Waals surface area contributed by atoms with Crippen LogP contribution in [0.25, 0.3) is 10.2 Å². The number of rotatable bonds is 4. The molecule has 2 heterocycles. The number of nitrogens with zero attached hydrogens (tertiary/aromatic N) is 2. The lowest BCUT2D eigenvalue weighted by atomic mass is 9.97. The van der Waals surface area contributed by atoms with E-state index in [0.717, 1.165) is 35.9 Å². The minimum atomic E-state index is -0.137. The minimum absolute atomic E-state index is 0.0384. The molecule has 1 amide bonds. The van der Waals surface area contributed by atoms with Gasteiger partial charge >= 0.3 is 0 Å². The van der Waals surface area contributed by atoms with Gasteiger partial charge in [0.1, 0.15) is 11.4 Å². The predicted octanol–water partition coefficient (Wildman–Crippen LogP) is 2.25. The molecule has 0 aromatic carbocycles. The second-order valence-corrected chi connectivity index (χ2v) is 7.03. The highest BCUT2D eigenvalue weighted by Gasteiger charge is 2.20. The Morgan fingerprint density at radius 2 is 2.23 bits per heavy atom. The molecule has 5 nitrogen and oxygen atoms in total. The van der Waals surface area contributed by atoms with Gasteiger partial charge in [-0.2, -0.15) is 0 Å². The van der Waals surface area contributed by atoms with Crippen LogP contribution in [0.5, 0.6) is 0 Å². The minimum Gasteiger partial charge on any atom is -0.352 e. The fraction of sp³-hybridized carbons (Fsp3) is 0.562. The van der Waals surface area contributed by atoms with Crippen molar-refractivity contribution in [3.63, 3.8) is 0 Å². The van der Waals surface area contributed by atoms with Crippen LogP contribution in [-0.4, -0.2) is 21.5 Å². The first kappa shape index (κ1) is 15.2. The number of nitrogens with one attached hydrogen (secondary N) is 1. The zero-order valence-corrected chi connectivity index (χ0v) is 13.8. The lowest BCUT2D eigenvalue weighted by molar-refractivity contribution is -0.122. The molecule has 0 fully saturated rings. The van der Waals surface area contributed by atoms with Gasteiger partial charge in [0.05, 0.1) is 11.7 Å². The van der Waals surface area contributed by atoms with Crippen LogP contribution in [0.1, 0.15) is 43.6 Å². The number of carbonyl (C=O) groups excluding carboxylic acids is 1. The first-order valence-corrected chi connectivity index (χ1v) is 8.70. The number of hydrogen-bond acceptors (Lipinski definition) is 4. The number of thiophene rings is 1. The summed E-state index contributed by atoms with van der Waals surface area (Å²) in [6.07, 6.45) is 6.69. The molecular formula is C16H21N3O2S. The molecule has 6 heteroatoms. The Kier molecular flexibility index (Phi) is 4.29. The summed E-state index contributed by atoms with van der Waals surface area (Å²) in [5, 5.41) is 3.62. The van der Waals surface area contributed by atoms with E-state index >= 15 is 0 Å². The fourth-order valence-electron chi connectivity index (χ4n) is 2.87. The Labute approximate surface area is 133 Å². The number of hydrogen-bond donors (Lipinski definition) is 1. The number of fused-ring (bicyclic) bond motifs is 3. The molecular weight excluding hydrogens is 298 g/mol. The largest absolute Gasteiger partial charge is 0.352 e. The lowest BCUT2D eigenvalue weighted by Gasteiger charge is -2.12. The van der Waals surface area contributed by atoms with Crippen LogP contribution >= 0.6 is 11.3 Å². The molecule has 22 heavy (non-hydrogen) atoms. The van der Waals surface area contributed by atoms with E-state index in [4.69, 9.17) is 0 Å². The summed E-state index contributed by atoms with van der Waals surface area (Å²) in [6.45, 7) is 4.01. The molecule has 0 unspecified atom stereocenters. The Hall–Kier alpha value is -1.69. The van der Waals surface area contributed by atoms with Crippen LogP contribution in [0.2, 0.25) is 0 Å². The molecule has 1 atom stereocenters. The molecule has 2 aromatic heterocycles. The first-order chi connectivity index (χ1) is 10.6. The highest BCUT2D eigenvalue weighted by molar-refractivity contribution is 7.18. The van der Waals surface area contributed by atoms with Gasteiger partial charge in [-0.05, 0) is 44.6 Å². The van der Waals surface area contributed by atoms with Crippen molar-refractivity contribution < 1.29 is 4.79 Å². The average molecular weight is 319 g/mol. The first-order valence-electron chi connectivity index (χ1n) is 7.89. The van der Waals surface area contributed by atoms with Crippen molar-refractivity contribution in [2.45, 2.75) is 58.5 Å². The van der Waals surface area contributed by atoms with Crippen LogP contribution in [0.3, 0.4) is 0 Å². The topological polar surface area (TPSA) is 64.0 Å². The maximum absolute atomic E-state index is 12.7. The van der Waals surface area contributed by atoms with Crippen molar-refractivity contribution in [1.82, 2.24) is 14.9 Å². The zero-order chi connectivity index (χ0) is 15.7. The Balaban J connectivity index is 1.93. The fourth-order valence-corrected chi connectivity index (χ4v) is 4.09. The Bertz CT molecular complexity index is 763. The lowest BCUT2D eigenvalue weighted by Crippen LogP contribution is -2.37. The predicted molar refractivity (Wildman–Crippen MR) is 88.4 cm³/mol. The van der Waals surface area contributed by atoms with E-state index < -0.39 is 0 Å². The van der Waals surface area contributed by atoms with Gasteiger partial charge in [0.15, 0.2) is 0 Å². The van der Waals surface area contributed by atoms with E-state index in [1.54, 1.807) is 11.3 Å².